The molecular weight excluding hydrogens is 238 g/mol. The van der Waals surface area contributed by atoms with E-state index in [9.17, 15) is 5.11 Å². The van der Waals surface area contributed by atoms with Gasteiger partial charge in [0.1, 0.15) is 5.60 Å². The Labute approximate surface area is 118 Å². The molecule has 19 heavy (non-hydrogen) atoms. The summed E-state index contributed by atoms with van der Waals surface area (Å²) in [5, 5.41) is 10.4. The Kier molecular flexibility index (Phi) is 8.61. The first kappa shape index (κ1) is 18.1. The average molecular weight is 267 g/mol. The smallest absolute Gasteiger partial charge is 0.107 e. The van der Waals surface area contributed by atoms with Gasteiger partial charge in [-0.15, -0.1) is 0 Å². The van der Waals surface area contributed by atoms with Crippen molar-refractivity contribution in [3.63, 3.8) is 0 Å². The predicted molar refractivity (Wildman–Crippen MR) is 82.6 cm³/mol. The molecule has 110 valence electrons. The summed E-state index contributed by atoms with van der Waals surface area (Å²) >= 11 is 0. The highest BCUT2D eigenvalue weighted by atomic mass is 16.5. The van der Waals surface area contributed by atoms with Crippen LogP contribution >= 0.6 is 0 Å². The highest BCUT2D eigenvalue weighted by Gasteiger charge is 2.32. The first-order valence-electron chi connectivity index (χ1n) is 7.17. The molecule has 0 aromatic rings. The van der Waals surface area contributed by atoms with Gasteiger partial charge in [-0.25, -0.2) is 0 Å². The third kappa shape index (κ3) is 5.70. The van der Waals surface area contributed by atoms with E-state index in [4.69, 9.17) is 4.74 Å². The van der Waals surface area contributed by atoms with Crippen molar-refractivity contribution in [3.8, 4) is 0 Å². The van der Waals surface area contributed by atoms with Crippen LogP contribution in [0, 0.1) is 5.92 Å². The van der Waals surface area contributed by atoms with Gasteiger partial charge in [-0.3, -0.25) is 4.99 Å². The van der Waals surface area contributed by atoms with Crippen molar-refractivity contribution in [2.24, 2.45) is 10.9 Å². The van der Waals surface area contributed by atoms with Gasteiger partial charge in [-0.1, -0.05) is 40.3 Å². The summed E-state index contributed by atoms with van der Waals surface area (Å²) in [7, 11) is 0. The number of nitrogens with zero attached hydrogens (tertiary/aromatic N) is 1. The molecule has 0 unspecified atom stereocenters. The molecule has 1 saturated heterocycles. The summed E-state index contributed by atoms with van der Waals surface area (Å²) in [4.78, 5) is 4.39. The van der Waals surface area contributed by atoms with Gasteiger partial charge in [-0.2, -0.15) is 0 Å². The molecule has 0 saturated carbocycles. The molecule has 1 rings (SSSR count). The Balaban J connectivity index is 0.00000154. The summed E-state index contributed by atoms with van der Waals surface area (Å²) in [6, 6.07) is 0. The Bertz CT molecular complexity index is 324. The van der Waals surface area contributed by atoms with Crippen LogP contribution < -0.4 is 0 Å². The van der Waals surface area contributed by atoms with Gasteiger partial charge in [0, 0.05) is 38.0 Å². The Morgan fingerprint density at radius 3 is 2.26 bits per heavy atom. The maximum Gasteiger partial charge on any atom is 0.107 e. The van der Waals surface area contributed by atoms with Gasteiger partial charge in [0.05, 0.1) is 0 Å². The monoisotopic (exact) mass is 267 g/mol. The number of rotatable bonds is 4. The molecule has 0 radical (unpaired) electrons. The standard InChI is InChI=1S/C14H23NO2.C2H6/c1-5-13(11(2)3)10-15-12(4)14(16)6-8-17-9-7-14;1-2/h5,10-11,16H,1,6-9H2,2-4H3;1-2H3/b13-10+,15-12?;. The van der Waals surface area contributed by atoms with Crippen molar-refractivity contribution in [1.82, 2.24) is 0 Å². The molecule has 1 aliphatic rings. The zero-order valence-corrected chi connectivity index (χ0v) is 13.1. The molecule has 3 nitrogen and oxygen atoms in total. The minimum Gasteiger partial charge on any atom is -0.384 e. The lowest BCUT2D eigenvalue weighted by Gasteiger charge is -2.31. The van der Waals surface area contributed by atoms with Crippen molar-refractivity contribution in [3.05, 3.63) is 24.4 Å². The Morgan fingerprint density at radius 1 is 1.32 bits per heavy atom. The number of aliphatic imine (C=N–C) groups is 1. The van der Waals surface area contributed by atoms with E-state index in [1.165, 1.54) is 0 Å². The van der Waals surface area contributed by atoms with Crippen LogP contribution in [0.4, 0.5) is 0 Å². The average Bonchev–Trinajstić information content (AvgIpc) is 2.42. The fourth-order valence-corrected chi connectivity index (χ4v) is 1.80. The lowest BCUT2D eigenvalue weighted by atomic mass is 9.90. The molecule has 0 aromatic heterocycles. The van der Waals surface area contributed by atoms with Crippen molar-refractivity contribution in [2.75, 3.05) is 13.2 Å². The molecule has 3 heteroatoms. The minimum atomic E-state index is -0.794. The van der Waals surface area contributed by atoms with Crippen molar-refractivity contribution >= 4 is 5.71 Å². The molecule has 1 heterocycles. The van der Waals surface area contributed by atoms with E-state index in [0.717, 1.165) is 11.3 Å². The molecule has 0 spiro atoms. The van der Waals surface area contributed by atoms with Gasteiger partial charge in [0.25, 0.3) is 0 Å². The van der Waals surface area contributed by atoms with E-state index in [-0.39, 0.29) is 0 Å². The van der Waals surface area contributed by atoms with E-state index < -0.39 is 5.60 Å². The number of allylic oxidation sites excluding steroid dienone is 2. The second-order valence-electron chi connectivity index (χ2n) is 4.85. The van der Waals surface area contributed by atoms with Gasteiger partial charge in [0.15, 0.2) is 0 Å². The van der Waals surface area contributed by atoms with E-state index in [1.54, 1.807) is 6.20 Å². The summed E-state index contributed by atoms with van der Waals surface area (Å²) < 4.78 is 5.25. The SMILES string of the molecule is C=C/C(=C\N=C(C)C1(O)CCOCC1)C(C)C.CC. The highest BCUT2D eigenvalue weighted by Crippen LogP contribution is 2.22. The van der Waals surface area contributed by atoms with Crippen LogP contribution in [0.2, 0.25) is 0 Å². The van der Waals surface area contributed by atoms with Crippen molar-refractivity contribution in [1.29, 1.82) is 0 Å². The lowest BCUT2D eigenvalue weighted by molar-refractivity contribution is -0.0202. The fourth-order valence-electron chi connectivity index (χ4n) is 1.80. The maximum absolute atomic E-state index is 10.4. The van der Waals surface area contributed by atoms with Crippen LogP contribution in [-0.2, 0) is 4.74 Å². The van der Waals surface area contributed by atoms with Crippen LogP contribution in [0.15, 0.2) is 29.4 Å². The van der Waals surface area contributed by atoms with Crippen LogP contribution in [0.3, 0.4) is 0 Å². The van der Waals surface area contributed by atoms with Gasteiger partial charge in [0.2, 0.25) is 0 Å². The molecule has 1 fully saturated rings. The molecule has 0 atom stereocenters. The quantitative estimate of drug-likeness (QED) is 0.622. The Morgan fingerprint density at radius 2 is 1.84 bits per heavy atom. The molecule has 0 amide bonds. The zero-order chi connectivity index (χ0) is 14.9. The van der Waals surface area contributed by atoms with Crippen molar-refractivity contribution < 1.29 is 9.84 Å². The molecule has 0 aromatic carbocycles. The van der Waals surface area contributed by atoms with E-state index in [0.29, 0.717) is 32.0 Å². The van der Waals surface area contributed by atoms with E-state index in [1.807, 2.05) is 26.8 Å². The van der Waals surface area contributed by atoms with Crippen LogP contribution in [0.1, 0.15) is 47.5 Å². The largest absolute Gasteiger partial charge is 0.384 e. The molecule has 0 aliphatic carbocycles. The summed E-state index contributed by atoms with van der Waals surface area (Å²) in [5.74, 6) is 0.397. The maximum atomic E-state index is 10.4. The second kappa shape index (κ2) is 9.05. The number of hydrogen-bond donors (Lipinski definition) is 1. The number of hydrogen-bond acceptors (Lipinski definition) is 3. The minimum absolute atomic E-state index is 0.397. The van der Waals surface area contributed by atoms with E-state index in [2.05, 4.69) is 25.4 Å². The summed E-state index contributed by atoms with van der Waals surface area (Å²) in [6.07, 6.45) is 4.87. The van der Waals surface area contributed by atoms with Gasteiger partial charge in [-0.05, 0) is 18.4 Å². The predicted octanol–water partition coefficient (Wildman–Crippen LogP) is 3.74. The molecule has 1 N–H and O–H groups in total. The fraction of sp³-hybridized carbons (Fsp3) is 0.688. The zero-order valence-electron chi connectivity index (χ0n) is 13.1. The molecule has 0 bridgehead atoms. The number of aliphatic hydroxyl groups is 1. The third-order valence-electron chi connectivity index (χ3n) is 3.30. The molecule has 1 aliphatic heterocycles. The number of ether oxygens (including phenoxy) is 1. The van der Waals surface area contributed by atoms with Crippen LogP contribution in [-0.4, -0.2) is 29.6 Å². The molecular formula is C16H29NO2. The lowest BCUT2D eigenvalue weighted by Crippen LogP contribution is -2.42. The van der Waals surface area contributed by atoms with Crippen molar-refractivity contribution in [2.45, 2.75) is 53.1 Å². The van der Waals surface area contributed by atoms with Crippen LogP contribution in [0.25, 0.3) is 0 Å². The van der Waals surface area contributed by atoms with Gasteiger partial charge >= 0.3 is 0 Å². The van der Waals surface area contributed by atoms with Crippen LogP contribution in [0.5, 0.6) is 0 Å². The second-order valence-corrected chi connectivity index (χ2v) is 4.85. The normalized spacial score (nSPS) is 19.7. The first-order valence-corrected chi connectivity index (χ1v) is 7.17. The van der Waals surface area contributed by atoms with Gasteiger partial charge < -0.3 is 9.84 Å². The Hall–Kier alpha value is -0.930. The topological polar surface area (TPSA) is 41.8 Å². The first-order chi connectivity index (χ1) is 8.99. The van der Waals surface area contributed by atoms with E-state index >= 15 is 0 Å². The third-order valence-corrected chi connectivity index (χ3v) is 3.30. The summed E-state index contributed by atoms with van der Waals surface area (Å²) in [6.45, 7) is 15.1. The highest BCUT2D eigenvalue weighted by molar-refractivity contribution is 5.90. The summed E-state index contributed by atoms with van der Waals surface area (Å²) in [5.41, 5.74) is 1.05.